The zero-order chi connectivity index (χ0) is 12.3. The van der Waals surface area contributed by atoms with Crippen molar-refractivity contribution in [2.75, 3.05) is 13.7 Å². The minimum atomic E-state index is -0.310. The molecule has 0 amide bonds. The average molecular weight is 300 g/mol. The maximum Gasteiger partial charge on any atom is 0.163 e. The van der Waals surface area contributed by atoms with Crippen molar-refractivity contribution >= 4 is 15.9 Å². The highest BCUT2D eigenvalue weighted by molar-refractivity contribution is 9.10. The predicted molar refractivity (Wildman–Crippen MR) is 65.0 cm³/mol. The van der Waals surface area contributed by atoms with Crippen LogP contribution in [0.15, 0.2) is 29.0 Å². The molecule has 0 fully saturated rings. The van der Waals surface area contributed by atoms with Crippen LogP contribution in [0.5, 0.6) is 0 Å². The van der Waals surface area contributed by atoms with Crippen LogP contribution in [0, 0.1) is 5.82 Å². The quantitative estimate of drug-likeness (QED) is 0.871. The van der Waals surface area contributed by atoms with E-state index < -0.39 is 0 Å². The lowest BCUT2D eigenvalue weighted by molar-refractivity contribution is 0.187. The van der Waals surface area contributed by atoms with Crippen molar-refractivity contribution in [3.8, 4) is 11.4 Å². The smallest absolute Gasteiger partial charge is 0.163 e. The van der Waals surface area contributed by atoms with Gasteiger partial charge in [0, 0.05) is 23.7 Å². The van der Waals surface area contributed by atoms with E-state index >= 15 is 0 Å². The minimum absolute atomic E-state index is 0.310. The van der Waals surface area contributed by atoms with Crippen LogP contribution in [0.3, 0.4) is 0 Å². The first-order valence-electron chi connectivity index (χ1n) is 5.04. The van der Waals surface area contributed by atoms with Crippen molar-refractivity contribution in [1.82, 2.24) is 14.8 Å². The number of methoxy groups -OCH3 is 1. The Kier molecular flexibility index (Phi) is 3.86. The van der Waals surface area contributed by atoms with Gasteiger partial charge in [0.25, 0.3) is 0 Å². The number of ether oxygens (including phenoxy) is 1. The van der Waals surface area contributed by atoms with Gasteiger partial charge >= 0.3 is 0 Å². The lowest BCUT2D eigenvalue weighted by Gasteiger charge is -2.06. The fourth-order valence-corrected chi connectivity index (χ4v) is 1.98. The molecule has 17 heavy (non-hydrogen) atoms. The molecule has 0 saturated carbocycles. The summed E-state index contributed by atoms with van der Waals surface area (Å²) < 4.78 is 20.8. The summed E-state index contributed by atoms with van der Waals surface area (Å²) in [5, 5.41) is 7.82. The molecule has 0 bridgehead atoms. The molecular weight excluding hydrogens is 289 g/mol. The van der Waals surface area contributed by atoms with E-state index in [0.29, 0.717) is 29.0 Å². The molecule has 1 heterocycles. The van der Waals surface area contributed by atoms with E-state index in [-0.39, 0.29) is 5.82 Å². The second kappa shape index (κ2) is 5.37. The van der Waals surface area contributed by atoms with Gasteiger partial charge in [-0.2, -0.15) is 0 Å². The van der Waals surface area contributed by atoms with Crippen molar-refractivity contribution < 1.29 is 9.13 Å². The monoisotopic (exact) mass is 299 g/mol. The molecule has 0 atom stereocenters. The average Bonchev–Trinajstić information content (AvgIpc) is 2.73. The summed E-state index contributed by atoms with van der Waals surface area (Å²) in [7, 11) is 1.63. The molecule has 1 aromatic heterocycles. The van der Waals surface area contributed by atoms with Crippen molar-refractivity contribution in [2.24, 2.45) is 0 Å². The maximum atomic E-state index is 13.3. The first-order valence-corrected chi connectivity index (χ1v) is 5.83. The van der Waals surface area contributed by atoms with Crippen LogP contribution in [-0.4, -0.2) is 28.5 Å². The molecule has 4 nitrogen and oxygen atoms in total. The third kappa shape index (κ3) is 2.89. The van der Waals surface area contributed by atoms with Gasteiger partial charge in [0.15, 0.2) is 5.82 Å². The Morgan fingerprint density at radius 2 is 2.24 bits per heavy atom. The molecule has 0 aliphatic heterocycles. The molecule has 6 heteroatoms. The molecule has 0 saturated heterocycles. The van der Waals surface area contributed by atoms with Crippen LogP contribution < -0.4 is 0 Å². The molecule has 0 aliphatic carbocycles. The summed E-state index contributed by atoms with van der Waals surface area (Å²) in [6.07, 6.45) is 1.60. The Morgan fingerprint density at radius 3 is 2.94 bits per heavy atom. The zero-order valence-electron chi connectivity index (χ0n) is 9.23. The molecular formula is C11H11BrFN3O. The number of nitrogens with zero attached hydrogens (tertiary/aromatic N) is 3. The van der Waals surface area contributed by atoms with Gasteiger partial charge < -0.3 is 9.30 Å². The summed E-state index contributed by atoms with van der Waals surface area (Å²) in [5.74, 6) is 0.318. The Bertz CT molecular complexity index is 495. The van der Waals surface area contributed by atoms with Gasteiger partial charge in [-0.1, -0.05) is 15.9 Å². The second-order valence-corrected chi connectivity index (χ2v) is 4.41. The van der Waals surface area contributed by atoms with Crippen LogP contribution in [0.25, 0.3) is 11.4 Å². The Balaban J connectivity index is 2.35. The van der Waals surface area contributed by atoms with E-state index in [4.69, 9.17) is 4.74 Å². The first kappa shape index (κ1) is 12.2. The molecule has 2 aromatic rings. The number of rotatable bonds is 4. The summed E-state index contributed by atoms with van der Waals surface area (Å²) in [6, 6.07) is 4.63. The van der Waals surface area contributed by atoms with Crippen LogP contribution in [0.1, 0.15) is 0 Å². The standard InChI is InChI=1S/C11H11BrFN3O/c1-17-3-2-16-7-14-15-11(16)8-4-9(12)6-10(13)5-8/h4-7H,2-3H2,1H3. The SMILES string of the molecule is COCCn1cnnc1-c1cc(F)cc(Br)c1. The molecule has 0 aliphatic rings. The summed E-state index contributed by atoms with van der Waals surface area (Å²) in [6.45, 7) is 1.19. The van der Waals surface area contributed by atoms with E-state index in [9.17, 15) is 4.39 Å². The molecule has 90 valence electrons. The third-order valence-electron chi connectivity index (χ3n) is 2.27. The highest BCUT2D eigenvalue weighted by Gasteiger charge is 2.09. The lowest BCUT2D eigenvalue weighted by atomic mass is 10.2. The van der Waals surface area contributed by atoms with E-state index in [1.807, 2.05) is 4.57 Å². The fourth-order valence-electron chi connectivity index (χ4n) is 1.51. The van der Waals surface area contributed by atoms with Gasteiger partial charge in [-0.15, -0.1) is 10.2 Å². The van der Waals surface area contributed by atoms with Gasteiger partial charge in [0.1, 0.15) is 12.1 Å². The van der Waals surface area contributed by atoms with Gasteiger partial charge in [0.05, 0.1) is 6.61 Å². The minimum Gasteiger partial charge on any atom is -0.383 e. The van der Waals surface area contributed by atoms with Crippen LogP contribution >= 0.6 is 15.9 Å². The molecule has 1 aromatic carbocycles. The zero-order valence-corrected chi connectivity index (χ0v) is 10.8. The van der Waals surface area contributed by atoms with Crippen molar-refractivity contribution in [3.63, 3.8) is 0 Å². The second-order valence-electron chi connectivity index (χ2n) is 3.50. The van der Waals surface area contributed by atoms with Crippen LogP contribution in [0.4, 0.5) is 4.39 Å². The van der Waals surface area contributed by atoms with Gasteiger partial charge in [-0.3, -0.25) is 0 Å². The number of halogens is 2. The van der Waals surface area contributed by atoms with E-state index in [1.165, 1.54) is 12.1 Å². The predicted octanol–water partition coefficient (Wildman–Crippen LogP) is 2.49. The topological polar surface area (TPSA) is 39.9 Å². The van der Waals surface area contributed by atoms with E-state index in [0.717, 1.165) is 0 Å². The van der Waals surface area contributed by atoms with Crippen LogP contribution in [0.2, 0.25) is 0 Å². The van der Waals surface area contributed by atoms with E-state index in [2.05, 4.69) is 26.1 Å². The Hall–Kier alpha value is -1.27. The maximum absolute atomic E-state index is 13.3. The van der Waals surface area contributed by atoms with Crippen molar-refractivity contribution in [3.05, 3.63) is 34.8 Å². The third-order valence-corrected chi connectivity index (χ3v) is 2.73. The Labute approximate surface area is 107 Å². The van der Waals surface area contributed by atoms with Crippen molar-refractivity contribution in [1.29, 1.82) is 0 Å². The molecule has 0 spiro atoms. The van der Waals surface area contributed by atoms with E-state index in [1.54, 1.807) is 19.5 Å². The molecule has 0 N–H and O–H groups in total. The number of aromatic nitrogens is 3. The van der Waals surface area contributed by atoms with Crippen molar-refractivity contribution in [2.45, 2.75) is 6.54 Å². The highest BCUT2D eigenvalue weighted by Crippen LogP contribution is 2.22. The summed E-state index contributed by atoms with van der Waals surface area (Å²) >= 11 is 3.25. The van der Waals surface area contributed by atoms with Crippen LogP contribution in [-0.2, 0) is 11.3 Å². The summed E-state index contributed by atoms with van der Waals surface area (Å²) in [4.78, 5) is 0. The fraction of sp³-hybridized carbons (Fsp3) is 0.273. The highest BCUT2D eigenvalue weighted by atomic mass is 79.9. The van der Waals surface area contributed by atoms with Gasteiger partial charge in [-0.05, 0) is 18.2 Å². The largest absolute Gasteiger partial charge is 0.383 e. The molecule has 0 radical (unpaired) electrons. The Morgan fingerprint density at radius 1 is 1.41 bits per heavy atom. The first-order chi connectivity index (χ1) is 8.20. The molecule has 2 rings (SSSR count). The lowest BCUT2D eigenvalue weighted by Crippen LogP contribution is -2.05. The normalized spacial score (nSPS) is 10.8. The molecule has 0 unspecified atom stereocenters. The number of hydrogen-bond donors (Lipinski definition) is 0. The summed E-state index contributed by atoms with van der Waals surface area (Å²) in [5.41, 5.74) is 0.686. The van der Waals surface area contributed by atoms with Gasteiger partial charge in [-0.25, -0.2) is 4.39 Å². The number of benzene rings is 1. The van der Waals surface area contributed by atoms with Gasteiger partial charge in [0.2, 0.25) is 0 Å². The number of hydrogen-bond acceptors (Lipinski definition) is 3.